The van der Waals surface area contributed by atoms with E-state index in [2.05, 4.69) is 43.4 Å². The monoisotopic (exact) mass is 279 g/mol. The van der Waals surface area contributed by atoms with Gasteiger partial charge in [-0.3, -0.25) is 0 Å². The van der Waals surface area contributed by atoms with E-state index in [4.69, 9.17) is 9.47 Å². The average Bonchev–Trinajstić information content (AvgIpc) is 2.43. The van der Waals surface area contributed by atoms with Crippen molar-refractivity contribution in [3.8, 4) is 5.75 Å². The Hall–Kier alpha value is -1.06. The van der Waals surface area contributed by atoms with E-state index < -0.39 is 0 Å². The Morgan fingerprint density at radius 1 is 1.05 bits per heavy atom. The van der Waals surface area contributed by atoms with Crippen molar-refractivity contribution < 1.29 is 9.47 Å². The van der Waals surface area contributed by atoms with E-state index >= 15 is 0 Å². The smallest absolute Gasteiger partial charge is 0.119 e. The first kappa shape index (κ1) is 17.0. The van der Waals surface area contributed by atoms with Gasteiger partial charge in [0.25, 0.3) is 0 Å². The Balaban J connectivity index is 2.65. The van der Waals surface area contributed by atoms with Gasteiger partial charge in [-0.2, -0.15) is 0 Å². The average molecular weight is 279 g/mol. The second-order valence-corrected chi connectivity index (χ2v) is 5.47. The van der Waals surface area contributed by atoms with Crippen LogP contribution in [-0.4, -0.2) is 25.9 Å². The molecule has 1 aromatic carbocycles. The standard InChI is InChI=1S/C17H29NO2/c1-6-18-17(12-7-14(4)19-5)15-8-10-16(11-9-15)20-13(2)3/h8-11,13-14,17-18H,6-7,12H2,1-5H3. The summed E-state index contributed by atoms with van der Waals surface area (Å²) in [6, 6.07) is 8.80. The predicted octanol–water partition coefficient (Wildman–Crippen LogP) is 3.94. The van der Waals surface area contributed by atoms with E-state index in [1.165, 1.54) is 5.56 Å². The van der Waals surface area contributed by atoms with Crippen LogP contribution in [0.1, 0.15) is 52.1 Å². The molecular weight excluding hydrogens is 250 g/mol. The molecule has 0 saturated heterocycles. The lowest BCUT2D eigenvalue weighted by molar-refractivity contribution is 0.106. The molecule has 2 atom stereocenters. The van der Waals surface area contributed by atoms with Crippen LogP contribution in [0, 0.1) is 0 Å². The first-order chi connectivity index (χ1) is 9.56. The lowest BCUT2D eigenvalue weighted by atomic mass is 10.00. The second kappa shape index (κ2) is 8.98. The highest BCUT2D eigenvalue weighted by Crippen LogP contribution is 2.23. The fourth-order valence-corrected chi connectivity index (χ4v) is 2.20. The summed E-state index contributed by atoms with van der Waals surface area (Å²) in [5.74, 6) is 0.934. The summed E-state index contributed by atoms with van der Waals surface area (Å²) in [5, 5.41) is 3.54. The summed E-state index contributed by atoms with van der Waals surface area (Å²) in [5.41, 5.74) is 1.31. The van der Waals surface area contributed by atoms with Crippen LogP contribution in [0.25, 0.3) is 0 Å². The van der Waals surface area contributed by atoms with Crippen LogP contribution in [0.2, 0.25) is 0 Å². The second-order valence-electron chi connectivity index (χ2n) is 5.47. The number of ether oxygens (including phenoxy) is 2. The summed E-state index contributed by atoms with van der Waals surface area (Å²) in [4.78, 5) is 0. The first-order valence-electron chi connectivity index (χ1n) is 7.59. The SMILES string of the molecule is CCNC(CCC(C)OC)c1ccc(OC(C)C)cc1. The van der Waals surface area contributed by atoms with E-state index in [1.807, 2.05) is 13.8 Å². The third-order valence-electron chi connectivity index (χ3n) is 3.37. The Morgan fingerprint density at radius 3 is 2.20 bits per heavy atom. The molecule has 1 aromatic rings. The highest BCUT2D eigenvalue weighted by molar-refractivity contribution is 5.29. The molecule has 3 nitrogen and oxygen atoms in total. The van der Waals surface area contributed by atoms with Gasteiger partial charge >= 0.3 is 0 Å². The lowest BCUT2D eigenvalue weighted by Gasteiger charge is -2.20. The molecule has 1 rings (SSSR count). The van der Waals surface area contributed by atoms with Gasteiger partial charge in [0, 0.05) is 13.2 Å². The number of hydrogen-bond donors (Lipinski definition) is 1. The van der Waals surface area contributed by atoms with Crippen molar-refractivity contribution in [2.24, 2.45) is 0 Å². The summed E-state index contributed by atoms with van der Waals surface area (Å²) < 4.78 is 11.0. The zero-order chi connectivity index (χ0) is 15.0. The molecule has 0 bridgehead atoms. The minimum atomic E-state index is 0.216. The number of benzene rings is 1. The fourth-order valence-electron chi connectivity index (χ4n) is 2.20. The molecular formula is C17H29NO2. The molecule has 0 aliphatic carbocycles. The van der Waals surface area contributed by atoms with Crippen molar-refractivity contribution in [3.63, 3.8) is 0 Å². The summed E-state index contributed by atoms with van der Waals surface area (Å²) in [7, 11) is 1.77. The maximum absolute atomic E-state index is 5.68. The minimum Gasteiger partial charge on any atom is -0.491 e. The third-order valence-corrected chi connectivity index (χ3v) is 3.37. The lowest BCUT2D eigenvalue weighted by Crippen LogP contribution is -2.22. The molecule has 0 heterocycles. The number of rotatable bonds is 9. The molecule has 0 aromatic heterocycles. The van der Waals surface area contributed by atoms with Crippen LogP contribution < -0.4 is 10.1 Å². The molecule has 2 unspecified atom stereocenters. The maximum atomic E-state index is 5.68. The van der Waals surface area contributed by atoms with E-state index in [-0.39, 0.29) is 6.10 Å². The molecule has 114 valence electrons. The maximum Gasteiger partial charge on any atom is 0.119 e. The molecule has 0 spiro atoms. The van der Waals surface area contributed by atoms with Crippen molar-refractivity contribution in [3.05, 3.63) is 29.8 Å². The number of hydrogen-bond acceptors (Lipinski definition) is 3. The quantitative estimate of drug-likeness (QED) is 0.742. The van der Waals surface area contributed by atoms with Gasteiger partial charge in [-0.25, -0.2) is 0 Å². The Labute approximate surface area is 123 Å². The van der Waals surface area contributed by atoms with Crippen molar-refractivity contribution in [1.82, 2.24) is 5.32 Å². The zero-order valence-electron chi connectivity index (χ0n) is 13.5. The predicted molar refractivity (Wildman–Crippen MR) is 84.3 cm³/mol. The molecule has 0 radical (unpaired) electrons. The number of methoxy groups -OCH3 is 1. The molecule has 0 fully saturated rings. The van der Waals surface area contributed by atoms with Crippen LogP contribution in [0.3, 0.4) is 0 Å². The highest BCUT2D eigenvalue weighted by Gasteiger charge is 2.12. The van der Waals surface area contributed by atoms with Crippen LogP contribution >= 0.6 is 0 Å². The fraction of sp³-hybridized carbons (Fsp3) is 0.647. The van der Waals surface area contributed by atoms with Crippen LogP contribution in [0.15, 0.2) is 24.3 Å². The molecule has 0 amide bonds. The van der Waals surface area contributed by atoms with Gasteiger partial charge < -0.3 is 14.8 Å². The van der Waals surface area contributed by atoms with E-state index in [9.17, 15) is 0 Å². The van der Waals surface area contributed by atoms with Gasteiger partial charge in [-0.15, -0.1) is 0 Å². The van der Waals surface area contributed by atoms with Gasteiger partial charge in [-0.05, 0) is 57.9 Å². The number of nitrogens with one attached hydrogen (secondary N) is 1. The topological polar surface area (TPSA) is 30.5 Å². The molecule has 0 aliphatic heterocycles. The van der Waals surface area contributed by atoms with Crippen LogP contribution in [-0.2, 0) is 4.74 Å². The van der Waals surface area contributed by atoms with Crippen molar-refractivity contribution in [1.29, 1.82) is 0 Å². The molecule has 20 heavy (non-hydrogen) atoms. The third kappa shape index (κ3) is 5.93. The Morgan fingerprint density at radius 2 is 1.70 bits per heavy atom. The summed E-state index contributed by atoms with van der Waals surface area (Å²) >= 11 is 0. The first-order valence-corrected chi connectivity index (χ1v) is 7.59. The van der Waals surface area contributed by atoms with Crippen molar-refractivity contribution >= 4 is 0 Å². The van der Waals surface area contributed by atoms with Crippen molar-refractivity contribution in [2.75, 3.05) is 13.7 Å². The Bertz CT molecular complexity index is 362. The highest BCUT2D eigenvalue weighted by atomic mass is 16.5. The van der Waals surface area contributed by atoms with E-state index in [0.29, 0.717) is 12.1 Å². The summed E-state index contributed by atoms with van der Waals surface area (Å²) in [6.45, 7) is 9.31. The normalized spacial score (nSPS) is 14.3. The molecule has 0 aliphatic rings. The van der Waals surface area contributed by atoms with Crippen LogP contribution in [0.4, 0.5) is 0 Å². The zero-order valence-corrected chi connectivity index (χ0v) is 13.5. The molecule has 3 heteroatoms. The minimum absolute atomic E-state index is 0.216. The van der Waals surface area contributed by atoms with Crippen LogP contribution in [0.5, 0.6) is 5.75 Å². The van der Waals surface area contributed by atoms with E-state index in [0.717, 1.165) is 25.1 Å². The van der Waals surface area contributed by atoms with Gasteiger partial charge in [0.1, 0.15) is 5.75 Å². The van der Waals surface area contributed by atoms with Gasteiger partial charge in [0.2, 0.25) is 0 Å². The molecule has 0 saturated carbocycles. The van der Waals surface area contributed by atoms with Crippen molar-refractivity contribution in [2.45, 2.75) is 58.8 Å². The largest absolute Gasteiger partial charge is 0.491 e. The molecule has 1 N–H and O–H groups in total. The van der Waals surface area contributed by atoms with Gasteiger partial charge in [0.15, 0.2) is 0 Å². The summed E-state index contributed by atoms with van der Waals surface area (Å²) in [6.07, 6.45) is 2.65. The van der Waals surface area contributed by atoms with Gasteiger partial charge in [0.05, 0.1) is 12.2 Å². The van der Waals surface area contributed by atoms with Gasteiger partial charge in [-0.1, -0.05) is 19.1 Å². The Kier molecular flexibility index (Phi) is 7.63. The van der Waals surface area contributed by atoms with E-state index in [1.54, 1.807) is 7.11 Å².